The molecule has 1 aromatic heterocycles. The molecule has 0 aliphatic carbocycles. The second-order valence-electron chi connectivity index (χ2n) is 5.27. The van der Waals surface area contributed by atoms with Crippen LogP contribution in [0.25, 0.3) is 0 Å². The first-order valence-electron chi connectivity index (χ1n) is 7.97. The van der Waals surface area contributed by atoms with E-state index in [4.69, 9.17) is 33.3 Å². The Kier molecular flexibility index (Phi) is 6.04. The summed E-state index contributed by atoms with van der Waals surface area (Å²) in [7, 11) is 0. The van der Waals surface area contributed by atoms with Crippen LogP contribution in [0.2, 0.25) is 5.02 Å². The molecule has 3 aromatic rings. The third-order valence-electron chi connectivity index (χ3n) is 3.48. The Labute approximate surface area is 161 Å². The van der Waals surface area contributed by atoms with Crippen LogP contribution >= 0.6 is 23.8 Å². The molecule has 0 atom stereocenters. The number of nitrogens with one attached hydrogen (secondary N) is 1. The van der Waals surface area contributed by atoms with Crippen molar-refractivity contribution in [2.24, 2.45) is 5.10 Å². The lowest BCUT2D eigenvalue weighted by molar-refractivity contribution is 0.269. The number of benzene rings is 2. The third-order valence-corrected chi connectivity index (χ3v) is 4.12. The SMILES string of the molecule is CCOc1cc(/C=N\n2cn[nH]c2=S)ccc1OCc1ccccc1Cl. The van der Waals surface area contributed by atoms with Crippen molar-refractivity contribution >= 4 is 30.0 Å². The minimum absolute atomic E-state index is 0.358. The number of rotatable bonds is 7. The Morgan fingerprint density at radius 1 is 1.23 bits per heavy atom. The highest BCUT2D eigenvalue weighted by atomic mass is 35.5. The van der Waals surface area contributed by atoms with Crippen LogP contribution in [-0.2, 0) is 6.61 Å². The molecule has 8 heteroatoms. The van der Waals surface area contributed by atoms with Crippen molar-refractivity contribution in [2.75, 3.05) is 6.61 Å². The summed E-state index contributed by atoms with van der Waals surface area (Å²) in [6.07, 6.45) is 3.18. The van der Waals surface area contributed by atoms with E-state index in [0.717, 1.165) is 11.1 Å². The Morgan fingerprint density at radius 2 is 2.08 bits per heavy atom. The van der Waals surface area contributed by atoms with Crippen LogP contribution in [0.15, 0.2) is 53.9 Å². The van der Waals surface area contributed by atoms with Gasteiger partial charge in [0.15, 0.2) is 11.5 Å². The van der Waals surface area contributed by atoms with Gasteiger partial charge in [-0.2, -0.15) is 14.9 Å². The van der Waals surface area contributed by atoms with E-state index in [9.17, 15) is 0 Å². The minimum atomic E-state index is 0.358. The number of nitrogens with zero attached hydrogens (tertiary/aromatic N) is 3. The van der Waals surface area contributed by atoms with Crippen molar-refractivity contribution in [1.29, 1.82) is 0 Å². The van der Waals surface area contributed by atoms with Gasteiger partial charge in [0.05, 0.1) is 12.8 Å². The Bertz CT molecular complexity index is 968. The van der Waals surface area contributed by atoms with Gasteiger partial charge in [-0.25, -0.2) is 0 Å². The third kappa shape index (κ3) is 4.50. The second-order valence-corrected chi connectivity index (χ2v) is 6.06. The zero-order valence-electron chi connectivity index (χ0n) is 14.1. The van der Waals surface area contributed by atoms with Gasteiger partial charge in [0.2, 0.25) is 4.77 Å². The molecule has 0 aliphatic rings. The van der Waals surface area contributed by atoms with E-state index in [-0.39, 0.29) is 0 Å². The molecule has 3 rings (SSSR count). The molecule has 0 bridgehead atoms. The molecule has 0 spiro atoms. The zero-order valence-corrected chi connectivity index (χ0v) is 15.6. The van der Waals surface area contributed by atoms with Crippen molar-refractivity contribution in [3.8, 4) is 11.5 Å². The van der Waals surface area contributed by atoms with Gasteiger partial charge in [-0.3, -0.25) is 5.10 Å². The highest BCUT2D eigenvalue weighted by Crippen LogP contribution is 2.29. The van der Waals surface area contributed by atoms with Crippen molar-refractivity contribution in [1.82, 2.24) is 14.9 Å². The average molecular weight is 389 g/mol. The fraction of sp³-hybridized carbons (Fsp3) is 0.167. The van der Waals surface area contributed by atoms with Crippen molar-refractivity contribution in [2.45, 2.75) is 13.5 Å². The lowest BCUT2D eigenvalue weighted by Crippen LogP contribution is -2.01. The summed E-state index contributed by atoms with van der Waals surface area (Å²) in [5.74, 6) is 1.28. The summed E-state index contributed by atoms with van der Waals surface area (Å²) in [6.45, 7) is 2.80. The van der Waals surface area contributed by atoms with E-state index < -0.39 is 0 Å². The largest absolute Gasteiger partial charge is 0.490 e. The average Bonchev–Trinajstić information content (AvgIpc) is 3.05. The minimum Gasteiger partial charge on any atom is -0.490 e. The molecular formula is C18H17ClN4O2S. The fourth-order valence-electron chi connectivity index (χ4n) is 2.22. The quantitative estimate of drug-likeness (QED) is 0.479. The first-order chi connectivity index (χ1) is 12.7. The van der Waals surface area contributed by atoms with Crippen LogP contribution < -0.4 is 9.47 Å². The lowest BCUT2D eigenvalue weighted by Gasteiger charge is -2.13. The van der Waals surface area contributed by atoms with Gasteiger partial charge in [-0.15, -0.1) is 0 Å². The molecule has 0 aliphatic heterocycles. The van der Waals surface area contributed by atoms with E-state index in [2.05, 4.69) is 15.3 Å². The van der Waals surface area contributed by atoms with Crippen LogP contribution in [0.5, 0.6) is 11.5 Å². The Morgan fingerprint density at radius 3 is 2.81 bits per heavy atom. The first kappa shape index (κ1) is 18.2. The second kappa shape index (κ2) is 8.64. The number of ether oxygens (including phenoxy) is 2. The maximum absolute atomic E-state index is 6.17. The van der Waals surface area contributed by atoms with Gasteiger partial charge >= 0.3 is 0 Å². The molecule has 134 valence electrons. The number of H-pyrrole nitrogens is 1. The smallest absolute Gasteiger partial charge is 0.216 e. The van der Waals surface area contributed by atoms with Crippen LogP contribution in [-0.4, -0.2) is 27.7 Å². The van der Waals surface area contributed by atoms with Crippen LogP contribution in [0.4, 0.5) is 0 Å². The topological polar surface area (TPSA) is 64.4 Å². The predicted molar refractivity (Wildman–Crippen MR) is 104 cm³/mol. The van der Waals surface area contributed by atoms with Gasteiger partial charge in [0, 0.05) is 10.6 Å². The van der Waals surface area contributed by atoms with E-state index in [1.165, 1.54) is 11.0 Å². The van der Waals surface area contributed by atoms with Gasteiger partial charge < -0.3 is 9.47 Å². The van der Waals surface area contributed by atoms with Gasteiger partial charge in [0.1, 0.15) is 12.9 Å². The summed E-state index contributed by atoms with van der Waals surface area (Å²) in [5, 5.41) is 11.4. The molecule has 1 heterocycles. The summed E-state index contributed by atoms with van der Waals surface area (Å²) in [5.41, 5.74) is 1.76. The van der Waals surface area contributed by atoms with Crippen molar-refractivity contribution < 1.29 is 9.47 Å². The number of hydrogen-bond acceptors (Lipinski definition) is 5. The maximum Gasteiger partial charge on any atom is 0.216 e. The molecular weight excluding hydrogens is 372 g/mol. The van der Waals surface area contributed by atoms with Crippen molar-refractivity contribution in [3.05, 3.63) is 69.7 Å². The van der Waals surface area contributed by atoms with E-state index in [1.54, 1.807) is 6.21 Å². The molecule has 2 aromatic carbocycles. The van der Waals surface area contributed by atoms with Crippen LogP contribution in [0, 0.1) is 4.77 Å². The molecule has 26 heavy (non-hydrogen) atoms. The Balaban J connectivity index is 1.78. The number of aromatic amines is 1. The van der Waals surface area contributed by atoms with Gasteiger partial charge in [0.25, 0.3) is 0 Å². The molecule has 0 radical (unpaired) electrons. The number of aromatic nitrogens is 3. The summed E-state index contributed by atoms with van der Waals surface area (Å²) >= 11 is 11.2. The number of hydrogen-bond donors (Lipinski definition) is 1. The first-order valence-corrected chi connectivity index (χ1v) is 8.75. The van der Waals surface area contributed by atoms with E-state index >= 15 is 0 Å². The molecule has 0 fully saturated rings. The molecule has 0 saturated carbocycles. The fourth-order valence-corrected chi connectivity index (χ4v) is 2.55. The van der Waals surface area contributed by atoms with Crippen LogP contribution in [0.3, 0.4) is 0 Å². The zero-order chi connectivity index (χ0) is 18.4. The predicted octanol–water partition coefficient (Wildman–Crippen LogP) is 4.45. The highest BCUT2D eigenvalue weighted by Gasteiger charge is 2.08. The molecule has 0 unspecified atom stereocenters. The molecule has 1 N–H and O–H groups in total. The van der Waals surface area contributed by atoms with Gasteiger partial charge in [-0.1, -0.05) is 29.8 Å². The molecule has 0 amide bonds. The monoisotopic (exact) mass is 388 g/mol. The Hall–Kier alpha value is -2.64. The van der Waals surface area contributed by atoms with Gasteiger partial charge in [-0.05, 0) is 49.0 Å². The molecule has 0 saturated heterocycles. The number of halogens is 1. The highest BCUT2D eigenvalue weighted by molar-refractivity contribution is 7.71. The standard InChI is InChI=1S/C18H17ClN4O2S/c1-2-24-17-9-13(10-21-23-12-20-22-18(23)26)7-8-16(17)25-11-14-5-3-4-6-15(14)19/h3-10,12H,2,11H2,1H3,(H,22,26)/b21-10-. The normalized spacial score (nSPS) is 11.0. The summed E-state index contributed by atoms with van der Waals surface area (Å²) in [6, 6.07) is 13.2. The maximum atomic E-state index is 6.17. The van der Waals surface area contributed by atoms with Crippen molar-refractivity contribution in [3.63, 3.8) is 0 Å². The molecule has 6 nitrogen and oxygen atoms in total. The van der Waals surface area contributed by atoms with Crippen LogP contribution in [0.1, 0.15) is 18.1 Å². The van der Waals surface area contributed by atoms with E-state index in [0.29, 0.717) is 34.5 Å². The summed E-state index contributed by atoms with van der Waals surface area (Å²) in [4.78, 5) is 0. The van der Waals surface area contributed by atoms with E-state index in [1.807, 2.05) is 49.4 Å². The lowest BCUT2D eigenvalue weighted by atomic mass is 10.2. The summed E-state index contributed by atoms with van der Waals surface area (Å²) < 4.78 is 13.5.